The van der Waals surface area contributed by atoms with Gasteiger partial charge in [0.2, 0.25) is 11.8 Å². The highest BCUT2D eigenvalue weighted by atomic mass is 16.6. The minimum absolute atomic E-state index is 0.0184. The van der Waals surface area contributed by atoms with Crippen LogP contribution in [0.15, 0.2) is 60.7 Å². The molecule has 2 aromatic rings. The number of Topliss-reactive ketones (excluding diaryl/α,β-unsaturated/α-hetero) is 3. The number of carbonyl (C=O) groups is 5. The largest absolute Gasteiger partial charge is 0.370 e. The molecule has 10 heteroatoms. The number of amides is 2. The van der Waals surface area contributed by atoms with Crippen LogP contribution < -0.4 is 10.6 Å². The molecule has 56 heavy (non-hydrogen) atoms. The van der Waals surface area contributed by atoms with Gasteiger partial charge in [-0.3, -0.25) is 24.0 Å². The van der Waals surface area contributed by atoms with Gasteiger partial charge in [-0.25, -0.2) is 0 Å². The molecule has 0 bridgehead atoms. The number of hydrogen-bond donors (Lipinski definition) is 2. The third kappa shape index (κ3) is 15.8. The predicted molar refractivity (Wildman–Crippen MR) is 219 cm³/mol. The number of likely N-dealkylation sites (N-methyl/N-ethyl adjacent to an activating group) is 1. The van der Waals surface area contributed by atoms with Crippen LogP contribution in [0, 0.1) is 36.0 Å². The number of benzene rings is 2. The standard InChI is InChI=1S/C43H61N3O7.C3H4/c1-30(2)23-37(44-41(50)34(18-17-32-13-9-7-10-14-32)26-36(47)28-46(6)19-21-52-22-20-46)39(48)27-35(25-33-15-11-8-12-16-33)42(51)45-38(24-31(3)4)40(49)43(5)29-53-43;1-3-2/h7-16,30-31,34-35,37-38H,17-29H2,1-6H3,(H-,44,45,50,51);1H,2H3/p+1/t34-,35-,37+,38+,43-;/m1./s1. The lowest BCUT2D eigenvalue weighted by molar-refractivity contribution is -0.909. The first-order valence-corrected chi connectivity index (χ1v) is 20.3. The summed E-state index contributed by atoms with van der Waals surface area (Å²) in [5, 5.41) is 6.05. The molecule has 0 aliphatic carbocycles. The fourth-order valence-electron chi connectivity index (χ4n) is 7.20. The summed E-state index contributed by atoms with van der Waals surface area (Å²) in [7, 11) is 2.06. The highest BCUT2D eigenvalue weighted by molar-refractivity contribution is 5.98. The number of quaternary nitrogens is 1. The molecule has 2 aliphatic rings. The van der Waals surface area contributed by atoms with E-state index in [0.717, 1.165) is 24.2 Å². The van der Waals surface area contributed by atoms with Gasteiger partial charge in [-0.05, 0) is 68.9 Å². The monoisotopic (exact) mass is 772 g/mol. The topological polar surface area (TPSA) is 131 Å². The summed E-state index contributed by atoms with van der Waals surface area (Å²) in [4.78, 5) is 69.3. The minimum Gasteiger partial charge on any atom is -0.370 e. The number of aryl methyl sites for hydroxylation is 1. The fourth-order valence-corrected chi connectivity index (χ4v) is 7.20. The van der Waals surface area contributed by atoms with E-state index in [4.69, 9.17) is 9.47 Å². The van der Waals surface area contributed by atoms with Crippen LogP contribution in [0.1, 0.15) is 84.8 Å². The fraction of sp³-hybridized carbons (Fsp3) is 0.587. The van der Waals surface area contributed by atoms with Crippen LogP contribution in [0.3, 0.4) is 0 Å². The Morgan fingerprint density at radius 3 is 1.84 bits per heavy atom. The maximum atomic E-state index is 14.3. The van der Waals surface area contributed by atoms with Crippen LogP contribution in [0.25, 0.3) is 0 Å². The molecule has 2 amide bonds. The van der Waals surface area contributed by atoms with E-state index in [0.29, 0.717) is 63.0 Å². The van der Waals surface area contributed by atoms with Crippen molar-refractivity contribution >= 4 is 29.2 Å². The molecule has 0 unspecified atom stereocenters. The van der Waals surface area contributed by atoms with Gasteiger partial charge in [-0.1, -0.05) is 88.4 Å². The quantitative estimate of drug-likeness (QED) is 0.0913. The van der Waals surface area contributed by atoms with Crippen molar-refractivity contribution in [1.29, 1.82) is 0 Å². The van der Waals surface area contributed by atoms with Crippen LogP contribution in [-0.2, 0) is 46.3 Å². The van der Waals surface area contributed by atoms with E-state index < -0.39 is 29.5 Å². The molecule has 2 heterocycles. The van der Waals surface area contributed by atoms with Crippen LogP contribution in [0.2, 0.25) is 0 Å². The minimum atomic E-state index is -0.899. The van der Waals surface area contributed by atoms with Gasteiger partial charge in [0, 0.05) is 24.7 Å². The average molecular weight is 773 g/mol. The molecule has 2 fully saturated rings. The number of morpholine rings is 1. The Kier molecular flexibility index (Phi) is 18.6. The maximum Gasteiger partial charge on any atom is 0.224 e. The third-order valence-corrected chi connectivity index (χ3v) is 10.6. The van der Waals surface area contributed by atoms with Gasteiger partial charge in [-0.15, -0.1) is 12.3 Å². The second kappa shape index (κ2) is 22.5. The lowest BCUT2D eigenvalue weighted by atomic mass is 9.87. The number of hydrogen-bond acceptors (Lipinski definition) is 7. The summed E-state index contributed by atoms with van der Waals surface area (Å²) in [6.07, 6.45) is 6.80. The molecule has 10 nitrogen and oxygen atoms in total. The van der Waals surface area contributed by atoms with Crippen molar-refractivity contribution < 1.29 is 37.9 Å². The number of epoxide rings is 1. The molecule has 2 aliphatic heterocycles. The second-order valence-electron chi connectivity index (χ2n) is 16.9. The Labute approximate surface area is 335 Å². The predicted octanol–water partition coefficient (Wildman–Crippen LogP) is 5.55. The van der Waals surface area contributed by atoms with Crippen LogP contribution in [0.5, 0.6) is 0 Å². The third-order valence-electron chi connectivity index (χ3n) is 10.6. The molecule has 2 aromatic carbocycles. The number of ether oxygens (including phenoxy) is 2. The van der Waals surface area contributed by atoms with Crippen LogP contribution in [0.4, 0.5) is 0 Å². The Hall–Kier alpha value is -4.17. The Morgan fingerprint density at radius 1 is 0.804 bits per heavy atom. The molecule has 0 spiro atoms. The summed E-state index contributed by atoms with van der Waals surface area (Å²) in [6.45, 7) is 14.7. The zero-order chi connectivity index (χ0) is 41.3. The summed E-state index contributed by atoms with van der Waals surface area (Å²) in [5.41, 5.74) is 1.07. The summed E-state index contributed by atoms with van der Waals surface area (Å²) >= 11 is 0. The van der Waals surface area contributed by atoms with E-state index in [-0.39, 0.29) is 53.8 Å². The van der Waals surface area contributed by atoms with Crippen molar-refractivity contribution in [1.82, 2.24) is 10.6 Å². The number of rotatable bonds is 22. The molecule has 5 atom stereocenters. The van der Waals surface area contributed by atoms with Crippen molar-refractivity contribution in [3.63, 3.8) is 0 Å². The lowest BCUT2D eigenvalue weighted by Gasteiger charge is -2.37. The van der Waals surface area contributed by atoms with E-state index in [2.05, 4.69) is 30.0 Å². The van der Waals surface area contributed by atoms with Gasteiger partial charge in [-0.2, -0.15) is 0 Å². The number of carbonyl (C=O) groups excluding carboxylic acids is 5. The zero-order valence-corrected chi connectivity index (χ0v) is 34.8. The summed E-state index contributed by atoms with van der Waals surface area (Å²) < 4.78 is 11.5. The Balaban J connectivity index is 0.00000271. The molecule has 0 saturated carbocycles. The number of nitrogens with one attached hydrogen (secondary N) is 2. The first-order chi connectivity index (χ1) is 26.6. The lowest BCUT2D eigenvalue weighted by Crippen LogP contribution is -2.54. The smallest absolute Gasteiger partial charge is 0.224 e. The van der Waals surface area contributed by atoms with Crippen molar-refractivity contribution in [2.24, 2.45) is 23.7 Å². The SMILES string of the molecule is C#CC.CC(C)C[C@H](NC(=O)[C@H](CCc1ccccc1)CC(=O)C[N+]1(C)CCOCC1)C(=O)C[C@@H](Cc1ccccc1)C(=O)N[C@@H](CC(C)C)C(=O)[C@@]1(C)CO1. The highest BCUT2D eigenvalue weighted by Gasteiger charge is 2.50. The first kappa shape index (κ1) is 46.2. The van der Waals surface area contributed by atoms with Gasteiger partial charge < -0.3 is 24.6 Å². The second-order valence-corrected chi connectivity index (χ2v) is 16.9. The summed E-state index contributed by atoms with van der Waals surface area (Å²) in [6, 6.07) is 17.8. The van der Waals surface area contributed by atoms with Gasteiger partial charge in [0.25, 0.3) is 0 Å². The van der Waals surface area contributed by atoms with E-state index in [1.807, 2.05) is 88.4 Å². The average Bonchev–Trinajstić information content (AvgIpc) is 3.91. The van der Waals surface area contributed by atoms with Crippen LogP contribution in [-0.4, -0.2) is 97.8 Å². The van der Waals surface area contributed by atoms with Gasteiger partial charge >= 0.3 is 0 Å². The number of ketones is 3. The maximum absolute atomic E-state index is 14.3. The normalized spacial score (nSPS) is 19.3. The van der Waals surface area contributed by atoms with Crippen molar-refractivity contribution in [2.75, 3.05) is 46.5 Å². The number of nitrogens with zero attached hydrogens (tertiary/aromatic N) is 1. The highest BCUT2D eigenvalue weighted by Crippen LogP contribution is 2.30. The van der Waals surface area contributed by atoms with Crippen molar-refractivity contribution in [3.05, 3.63) is 71.8 Å². The van der Waals surface area contributed by atoms with E-state index in [1.165, 1.54) is 0 Å². The van der Waals surface area contributed by atoms with E-state index in [9.17, 15) is 24.0 Å². The molecular weight excluding hydrogens is 707 g/mol. The van der Waals surface area contributed by atoms with Crippen molar-refractivity contribution in [3.8, 4) is 12.3 Å². The molecule has 0 radical (unpaired) electrons. The molecule has 4 rings (SSSR count). The molecular formula is C46H66N3O7+. The van der Waals surface area contributed by atoms with Gasteiger partial charge in [0.1, 0.15) is 25.2 Å². The van der Waals surface area contributed by atoms with E-state index in [1.54, 1.807) is 13.8 Å². The molecule has 0 aromatic heterocycles. The Bertz CT molecular complexity index is 1610. The van der Waals surface area contributed by atoms with Crippen molar-refractivity contribution in [2.45, 2.75) is 104 Å². The summed E-state index contributed by atoms with van der Waals surface area (Å²) in [5.74, 6) is 0.0234. The van der Waals surface area contributed by atoms with E-state index >= 15 is 0 Å². The van der Waals surface area contributed by atoms with Gasteiger partial charge in [0.05, 0.1) is 39.0 Å². The Morgan fingerprint density at radius 2 is 1.30 bits per heavy atom. The van der Waals surface area contributed by atoms with Crippen LogP contribution >= 0.6 is 0 Å². The molecule has 2 N–H and O–H groups in total. The van der Waals surface area contributed by atoms with Gasteiger partial charge in [0.15, 0.2) is 17.3 Å². The molecule has 2 saturated heterocycles. The number of terminal acetylenes is 1. The molecule has 306 valence electrons. The zero-order valence-electron chi connectivity index (χ0n) is 34.8. The first-order valence-electron chi connectivity index (χ1n) is 20.3.